The Morgan fingerprint density at radius 3 is 2.44 bits per heavy atom. The summed E-state index contributed by atoms with van der Waals surface area (Å²) in [5, 5.41) is 4.25. The van der Waals surface area contributed by atoms with E-state index < -0.39 is 0 Å². The van der Waals surface area contributed by atoms with Crippen LogP contribution in [-0.2, 0) is 12.8 Å². The van der Waals surface area contributed by atoms with Gasteiger partial charge in [-0.2, -0.15) is 0 Å². The molecule has 1 aliphatic carbocycles. The third kappa shape index (κ3) is 6.12. The van der Waals surface area contributed by atoms with Crippen LogP contribution in [0.4, 0.5) is 0 Å². The molecule has 1 saturated carbocycles. The first kappa shape index (κ1) is 28.5. The molecule has 11 heteroatoms. The van der Waals surface area contributed by atoms with Gasteiger partial charge >= 0.3 is 0 Å². The average molecular weight is 580 g/mol. The van der Waals surface area contributed by atoms with Crippen molar-refractivity contribution in [3.8, 4) is 23.0 Å². The average Bonchev–Trinajstić information content (AvgIpc) is 3.78. The van der Waals surface area contributed by atoms with Gasteiger partial charge in [0.1, 0.15) is 5.82 Å². The maximum absolute atomic E-state index is 14.4. The highest BCUT2D eigenvalue weighted by molar-refractivity contribution is 6.04. The topological polar surface area (TPSA) is 131 Å². The van der Waals surface area contributed by atoms with Crippen LogP contribution in [0, 0.1) is 0 Å². The van der Waals surface area contributed by atoms with E-state index in [0.29, 0.717) is 36.1 Å². The van der Waals surface area contributed by atoms with Crippen LogP contribution in [0.15, 0.2) is 64.9 Å². The second-order valence-corrected chi connectivity index (χ2v) is 10.9. The molecule has 3 N–H and O–H groups in total. The van der Waals surface area contributed by atoms with Crippen LogP contribution >= 0.6 is 0 Å². The fraction of sp³-hybridized carbons (Fsp3) is 0.375. The third-order valence-electron chi connectivity index (χ3n) is 7.97. The fourth-order valence-electron chi connectivity index (χ4n) is 5.80. The molecule has 0 radical (unpaired) electrons. The van der Waals surface area contributed by atoms with Gasteiger partial charge in [0.2, 0.25) is 5.95 Å². The number of nitrogens with zero attached hydrogens (tertiary/aromatic N) is 6. The van der Waals surface area contributed by atoms with E-state index in [9.17, 15) is 4.79 Å². The van der Waals surface area contributed by atoms with Gasteiger partial charge in [-0.15, -0.1) is 10.6 Å². The Labute approximate surface area is 250 Å². The van der Waals surface area contributed by atoms with Gasteiger partial charge in [-0.05, 0) is 44.2 Å². The monoisotopic (exact) mass is 579 g/mol. The molecule has 11 nitrogen and oxygen atoms in total. The largest absolute Gasteiger partial charge is 0.491 e. The Hall–Kier alpha value is -4.64. The molecule has 0 spiro atoms. The van der Waals surface area contributed by atoms with Crippen LogP contribution in [0.3, 0.4) is 0 Å². The Morgan fingerprint density at radius 2 is 1.77 bits per heavy atom. The van der Waals surface area contributed by atoms with Crippen molar-refractivity contribution in [3.63, 3.8) is 0 Å². The van der Waals surface area contributed by atoms with E-state index in [1.807, 2.05) is 49.5 Å². The number of hydrazone groups is 1. The summed E-state index contributed by atoms with van der Waals surface area (Å²) in [6.45, 7) is 4.59. The quantitative estimate of drug-likeness (QED) is 0.237. The molecular weight excluding hydrogens is 542 g/mol. The van der Waals surface area contributed by atoms with Crippen molar-refractivity contribution < 1.29 is 4.74 Å². The van der Waals surface area contributed by atoms with E-state index in [4.69, 9.17) is 14.7 Å². The number of aryl methyl sites for hydroxylation is 1. The lowest BCUT2D eigenvalue weighted by atomic mass is 9.99. The smallest absolute Gasteiger partial charge is 0.264 e. The van der Waals surface area contributed by atoms with Gasteiger partial charge in [0.15, 0.2) is 11.6 Å². The second kappa shape index (κ2) is 13.1. The molecule has 0 amide bonds. The van der Waals surface area contributed by atoms with Gasteiger partial charge in [-0.1, -0.05) is 56.5 Å². The first-order valence-corrected chi connectivity index (χ1v) is 15.1. The summed E-state index contributed by atoms with van der Waals surface area (Å²) in [6.07, 6.45) is 12.5. The number of ether oxygens (including phenoxy) is 1. The number of hydrogen-bond acceptors (Lipinski definition) is 10. The molecule has 2 aliphatic rings. The Balaban J connectivity index is 1.39. The highest BCUT2D eigenvalue weighted by atomic mass is 16.5. The number of nitrogens with one attached hydrogen (secondary N) is 3. The number of amidine groups is 1. The molecular formula is C32H37N9O2. The number of aromatic nitrogens is 5. The zero-order valence-electron chi connectivity index (χ0n) is 24.6. The van der Waals surface area contributed by atoms with Crippen molar-refractivity contribution in [2.24, 2.45) is 5.10 Å². The molecule has 1 aliphatic heterocycles. The Morgan fingerprint density at radius 1 is 0.977 bits per heavy atom. The molecule has 0 atom stereocenters. The van der Waals surface area contributed by atoms with Gasteiger partial charge in [0, 0.05) is 35.2 Å². The summed E-state index contributed by atoms with van der Waals surface area (Å²) in [7, 11) is 0. The molecule has 0 bridgehead atoms. The summed E-state index contributed by atoms with van der Waals surface area (Å²) in [4.78, 5) is 33.5. The van der Waals surface area contributed by atoms with E-state index in [-0.39, 0.29) is 11.5 Å². The van der Waals surface area contributed by atoms with Crippen molar-refractivity contribution >= 4 is 5.84 Å². The van der Waals surface area contributed by atoms with Crippen LogP contribution in [0.2, 0.25) is 0 Å². The maximum atomic E-state index is 14.4. The lowest BCUT2D eigenvalue weighted by Gasteiger charge is -2.20. The van der Waals surface area contributed by atoms with Crippen molar-refractivity contribution in [1.29, 1.82) is 0 Å². The summed E-state index contributed by atoms with van der Waals surface area (Å²) in [6, 6.07) is 12.0. The number of hydrazine groups is 2. The molecule has 3 aromatic heterocycles. The predicted octanol–water partition coefficient (Wildman–Crippen LogP) is 4.35. The second-order valence-electron chi connectivity index (χ2n) is 10.9. The van der Waals surface area contributed by atoms with Gasteiger partial charge in [-0.25, -0.2) is 25.1 Å². The van der Waals surface area contributed by atoms with Crippen molar-refractivity contribution in [2.45, 2.75) is 71.1 Å². The molecule has 1 fully saturated rings. The number of unbranched alkanes of at least 4 members (excludes halogenated alkanes) is 1. The number of rotatable bonds is 11. The van der Waals surface area contributed by atoms with Crippen LogP contribution < -0.4 is 26.8 Å². The van der Waals surface area contributed by atoms with Crippen LogP contribution in [0.5, 0.6) is 5.75 Å². The molecule has 0 saturated heterocycles. The van der Waals surface area contributed by atoms with E-state index in [1.165, 1.54) is 0 Å². The fourth-order valence-corrected chi connectivity index (χ4v) is 5.80. The Bertz CT molecular complexity index is 1640. The summed E-state index contributed by atoms with van der Waals surface area (Å²) in [5.41, 5.74) is 13.6. The zero-order valence-corrected chi connectivity index (χ0v) is 24.6. The SMILES string of the molecule is CCCCc1nc(C2CCCC2)n(-c2ncc(OCC)cn2)c(=O)c1Cc1ccc(-c2ccccc2C2=NNNN2)nc1. The van der Waals surface area contributed by atoms with Crippen molar-refractivity contribution in [1.82, 2.24) is 41.0 Å². The molecule has 43 heavy (non-hydrogen) atoms. The van der Waals surface area contributed by atoms with Crippen LogP contribution in [-0.4, -0.2) is 36.9 Å². The number of benzene rings is 1. The summed E-state index contributed by atoms with van der Waals surface area (Å²) in [5.74, 6) is 2.59. The van der Waals surface area contributed by atoms with Crippen LogP contribution in [0.1, 0.15) is 86.5 Å². The molecule has 4 aromatic rings. The van der Waals surface area contributed by atoms with E-state index in [1.54, 1.807) is 17.0 Å². The minimum Gasteiger partial charge on any atom is -0.491 e. The molecule has 0 unspecified atom stereocenters. The van der Waals surface area contributed by atoms with Crippen molar-refractivity contribution in [2.75, 3.05) is 6.61 Å². The first-order chi connectivity index (χ1) is 21.2. The Kier molecular flexibility index (Phi) is 8.69. The van der Waals surface area contributed by atoms with E-state index >= 15 is 0 Å². The van der Waals surface area contributed by atoms with Gasteiger partial charge in [0.05, 0.1) is 30.4 Å². The normalized spacial score (nSPS) is 14.8. The summed E-state index contributed by atoms with van der Waals surface area (Å²) >= 11 is 0. The lowest BCUT2D eigenvalue weighted by Crippen LogP contribution is -2.35. The zero-order chi connectivity index (χ0) is 29.6. The lowest BCUT2D eigenvalue weighted by molar-refractivity contribution is 0.337. The first-order valence-electron chi connectivity index (χ1n) is 15.1. The van der Waals surface area contributed by atoms with Crippen LogP contribution in [0.25, 0.3) is 17.2 Å². The number of pyridine rings is 1. The standard InChI is InChI=1S/C32H37N9O2/c1-3-5-14-28-26(17-21-15-16-27(33-18-21)24-12-8-9-13-25(24)29-37-39-40-38-29)31(42)41(30(36-28)22-10-6-7-11-22)32-34-19-23(20-35-32)43-4-2/h8-9,12-13,15-16,18-20,22,39-40H,3-7,10-11,14,17H2,1-2H3,(H,37,38). The molecule has 1 aromatic carbocycles. The van der Waals surface area contributed by atoms with Gasteiger partial charge in [-0.3, -0.25) is 15.2 Å². The van der Waals surface area contributed by atoms with Crippen molar-refractivity contribution in [3.05, 3.63) is 93.6 Å². The minimum absolute atomic E-state index is 0.105. The van der Waals surface area contributed by atoms with E-state index in [2.05, 4.69) is 38.5 Å². The summed E-state index contributed by atoms with van der Waals surface area (Å²) < 4.78 is 7.19. The molecule has 6 rings (SSSR count). The van der Waals surface area contributed by atoms with E-state index in [0.717, 1.165) is 78.8 Å². The highest BCUT2D eigenvalue weighted by Crippen LogP contribution is 2.34. The van der Waals surface area contributed by atoms with Gasteiger partial charge in [0.25, 0.3) is 5.56 Å². The molecule has 4 heterocycles. The third-order valence-corrected chi connectivity index (χ3v) is 7.97. The maximum Gasteiger partial charge on any atom is 0.264 e. The van der Waals surface area contributed by atoms with Gasteiger partial charge < -0.3 is 4.74 Å². The molecule has 222 valence electrons. The minimum atomic E-state index is -0.105. The predicted molar refractivity (Wildman–Crippen MR) is 165 cm³/mol. The number of hydrogen-bond donors (Lipinski definition) is 3. The highest BCUT2D eigenvalue weighted by Gasteiger charge is 2.27.